The number of hydrogen-bond donors (Lipinski definition) is 2. The van der Waals surface area contributed by atoms with Crippen molar-refractivity contribution in [3.63, 3.8) is 0 Å². The quantitative estimate of drug-likeness (QED) is 0.772. The minimum atomic E-state index is -0.838. The van der Waals surface area contributed by atoms with Gasteiger partial charge in [0.15, 0.2) is 0 Å². The molecule has 0 bridgehead atoms. The zero-order valence-corrected chi connectivity index (χ0v) is 11.0. The summed E-state index contributed by atoms with van der Waals surface area (Å²) in [5.74, 6) is -1.04. The first kappa shape index (κ1) is 12.9. The summed E-state index contributed by atoms with van der Waals surface area (Å²) >= 11 is 0. The van der Waals surface area contributed by atoms with Crippen LogP contribution in [0, 0.1) is 23.7 Å². The number of aliphatic hydroxyl groups is 1. The third-order valence-electron chi connectivity index (χ3n) is 5.28. The van der Waals surface area contributed by atoms with Gasteiger partial charge in [-0.25, -0.2) is 0 Å². The molecule has 5 heteroatoms. The van der Waals surface area contributed by atoms with Crippen LogP contribution in [0.15, 0.2) is 0 Å². The zero-order valence-electron chi connectivity index (χ0n) is 11.0. The molecule has 5 nitrogen and oxygen atoms in total. The highest BCUT2D eigenvalue weighted by Gasteiger charge is 2.46. The van der Waals surface area contributed by atoms with Crippen molar-refractivity contribution in [1.29, 1.82) is 0 Å². The van der Waals surface area contributed by atoms with Gasteiger partial charge >= 0.3 is 5.97 Å². The standard InChI is InChI=1S/C14H21NO4/c16-12-5-4-8-6-15(7-11(8)12)13(17)9-2-1-3-10(9)14(18)19/h8-12,16H,1-7H2,(H,18,19)/t8?,9-,10+,11?,12?/m1/s1. The molecule has 3 unspecified atom stereocenters. The van der Waals surface area contributed by atoms with Gasteiger partial charge in [0.25, 0.3) is 0 Å². The van der Waals surface area contributed by atoms with Crippen LogP contribution in [0.3, 0.4) is 0 Å². The van der Waals surface area contributed by atoms with Gasteiger partial charge in [-0.05, 0) is 31.6 Å². The Morgan fingerprint density at radius 2 is 1.74 bits per heavy atom. The predicted molar refractivity (Wildman–Crippen MR) is 67.3 cm³/mol. The number of hydrogen-bond acceptors (Lipinski definition) is 3. The first-order valence-corrected chi connectivity index (χ1v) is 7.27. The van der Waals surface area contributed by atoms with Crippen LogP contribution >= 0.6 is 0 Å². The Morgan fingerprint density at radius 1 is 1.00 bits per heavy atom. The largest absolute Gasteiger partial charge is 0.481 e. The van der Waals surface area contributed by atoms with E-state index in [1.165, 1.54) is 0 Å². The minimum Gasteiger partial charge on any atom is -0.481 e. The molecule has 2 N–H and O–H groups in total. The van der Waals surface area contributed by atoms with Gasteiger partial charge in [-0.2, -0.15) is 0 Å². The number of amides is 1. The second kappa shape index (κ2) is 4.78. The fraction of sp³-hybridized carbons (Fsp3) is 0.857. The summed E-state index contributed by atoms with van der Waals surface area (Å²) in [6, 6.07) is 0. The Kier molecular flexibility index (Phi) is 3.25. The average molecular weight is 267 g/mol. The second-order valence-corrected chi connectivity index (χ2v) is 6.29. The topological polar surface area (TPSA) is 77.8 Å². The lowest BCUT2D eigenvalue weighted by atomic mass is 9.95. The number of carboxylic acid groups (broad SMARTS) is 1. The summed E-state index contributed by atoms with van der Waals surface area (Å²) < 4.78 is 0. The fourth-order valence-corrected chi connectivity index (χ4v) is 4.20. The number of fused-ring (bicyclic) bond motifs is 1. The van der Waals surface area contributed by atoms with E-state index in [0.717, 1.165) is 19.3 Å². The highest BCUT2D eigenvalue weighted by atomic mass is 16.4. The van der Waals surface area contributed by atoms with E-state index >= 15 is 0 Å². The Morgan fingerprint density at radius 3 is 2.42 bits per heavy atom. The molecule has 0 spiro atoms. The first-order valence-electron chi connectivity index (χ1n) is 7.27. The zero-order chi connectivity index (χ0) is 13.6. The summed E-state index contributed by atoms with van der Waals surface area (Å²) in [5, 5.41) is 19.0. The first-order chi connectivity index (χ1) is 9.08. The van der Waals surface area contributed by atoms with Crippen molar-refractivity contribution in [3.05, 3.63) is 0 Å². The van der Waals surface area contributed by atoms with Crippen molar-refractivity contribution in [1.82, 2.24) is 4.90 Å². The summed E-state index contributed by atoms with van der Waals surface area (Å²) in [4.78, 5) is 25.5. The molecular weight excluding hydrogens is 246 g/mol. The van der Waals surface area contributed by atoms with Crippen molar-refractivity contribution >= 4 is 11.9 Å². The number of likely N-dealkylation sites (tertiary alicyclic amines) is 1. The lowest BCUT2D eigenvalue weighted by Crippen LogP contribution is -2.38. The Labute approximate surface area is 112 Å². The molecule has 106 valence electrons. The van der Waals surface area contributed by atoms with Crippen LogP contribution in [0.5, 0.6) is 0 Å². The van der Waals surface area contributed by atoms with E-state index in [2.05, 4.69) is 0 Å². The lowest BCUT2D eigenvalue weighted by molar-refractivity contribution is -0.148. The summed E-state index contributed by atoms with van der Waals surface area (Å²) in [7, 11) is 0. The molecule has 0 aromatic rings. The van der Waals surface area contributed by atoms with Gasteiger partial charge in [0.05, 0.1) is 17.9 Å². The fourth-order valence-electron chi connectivity index (χ4n) is 4.20. The maximum absolute atomic E-state index is 12.5. The van der Waals surface area contributed by atoms with E-state index in [-0.39, 0.29) is 23.8 Å². The van der Waals surface area contributed by atoms with Crippen molar-refractivity contribution in [2.45, 2.75) is 38.2 Å². The number of nitrogens with zero attached hydrogens (tertiary/aromatic N) is 1. The van der Waals surface area contributed by atoms with Crippen molar-refractivity contribution in [2.24, 2.45) is 23.7 Å². The molecule has 0 aromatic heterocycles. The van der Waals surface area contributed by atoms with Crippen LogP contribution in [-0.2, 0) is 9.59 Å². The van der Waals surface area contributed by atoms with Gasteiger partial charge in [-0.15, -0.1) is 0 Å². The normalized spacial score (nSPS) is 41.5. The monoisotopic (exact) mass is 267 g/mol. The van der Waals surface area contributed by atoms with E-state index in [1.807, 2.05) is 4.90 Å². The Hall–Kier alpha value is -1.10. The molecule has 5 atom stereocenters. The number of carboxylic acids is 1. The molecule has 3 fully saturated rings. The van der Waals surface area contributed by atoms with Crippen LogP contribution in [0.4, 0.5) is 0 Å². The van der Waals surface area contributed by atoms with E-state index in [9.17, 15) is 14.7 Å². The summed E-state index contributed by atoms with van der Waals surface area (Å²) in [5.41, 5.74) is 0. The average Bonchev–Trinajstić information content (AvgIpc) is 3.05. The van der Waals surface area contributed by atoms with E-state index in [0.29, 0.717) is 31.8 Å². The number of carbonyl (C=O) groups excluding carboxylic acids is 1. The van der Waals surface area contributed by atoms with Crippen molar-refractivity contribution < 1.29 is 19.8 Å². The van der Waals surface area contributed by atoms with Gasteiger partial charge in [-0.1, -0.05) is 6.42 Å². The van der Waals surface area contributed by atoms with E-state index in [4.69, 9.17) is 5.11 Å². The smallest absolute Gasteiger partial charge is 0.307 e. The molecule has 3 aliphatic rings. The highest BCUT2D eigenvalue weighted by molar-refractivity contribution is 5.85. The van der Waals surface area contributed by atoms with Gasteiger partial charge < -0.3 is 15.1 Å². The molecule has 1 amide bonds. The third-order valence-corrected chi connectivity index (χ3v) is 5.28. The highest BCUT2D eigenvalue weighted by Crippen LogP contribution is 2.40. The van der Waals surface area contributed by atoms with Crippen LogP contribution in [0.2, 0.25) is 0 Å². The number of aliphatic carboxylic acids is 1. The van der Waals surface area contributed by atoms with Gasteiger partial charge in [0.1, 0.15) is 0 Å². The van der Waals surface area contributed by atoms with E-state index < -0.39 is 11.9 Å². The molecular formula is C14H21NO4. The molecule has 0 radical (unpaired) electrons. The molecule has 1 aliphatic heterocycles. The van der Waals surface area contributed by atoms with Crippen molar-refractivity contribution in [3.8, 4) is 0 Å². The molecule has 1 heterocycles. The van der Waals surface area contributed by atoms with E-state index in [1.54, 1.807) is 0 Å². The summed E-state index contributed by atoms with van der Waals surface area (Å²) in [6.07, 6.45) is 3.71. The van der Waals surface area contributed by atoms with Crippen LogP contribution in [0.1, 0.15) is 32.1 Å². The lowest BCUT2D eigenvalue weighted by Gasteiger charge is -2.24. The molecule has 0 aromatic carbocycles. The second-order valence-electron chi connectivity index (χ2n) is 6.29. The Bertz CT molecular complexity index is 397. The maximum atomic E-state index is 12.5. The van der Waals surface area contributed by atoms with Crippen LogP contribution in [-0.4, -0.2) is 46.2 Å². The van der Waals surface area contributed by atoms with Crippen LogP contribution in [0.25, 0.3) is 0 Å². The number of carbonyl (C=O) groups is 2. The van der Waals surface area contributed by atoms with Crippen LogP contribution < -0.4 is 0 Å². The predicted octanol–water partition coefficient (Wildman–Crippen LogP) is 0.717. The Balaban J connectivity index is 1.67. The number of rotatable bonds is 2. The van der Waals surface area contributed by atoms with Gasteiger partial charge in [-0.3, -0.25) is 9.59 Å². The molecule has 1 saturated heterocycles. The van der Waals surface area contributed by atoms with Crippen molar-refractivity contribution in [2.75, 3.05) is 13.1 Å². The third kappa shape index (κ3) is 2.14. The molecule has 2 aliphatic carbocycles. The number of aliphatic hydroxyl groups excluding tert-OH is 1. The van der Waals surface area contributed by atoms with Gasteiger partial charge in [0, 0.05) is 19.0 Å². The van der Waals surface area contributed by atoms with Gasteiger partial charge in [0.2, 0.25) is 5.91 Å². The molecule has 19 heavy (non-hydrogen) atoms. The molecule has 2 saturated carbocycles. The minimum absolute atomic E-state index is 0.00602. The maximum Gasteiger partial charge on any atom is 0.307 e. The SMILES string of the molecule is O=C(O)[C@H]1CCC[C@H]1C(=O)N1CC2CCC(O)C2C1. The molecule has 3 rings (SSSR count). The summed E-state index contributed by atoms with van der Waals surface area (Å²) in [6.45, 7) is 1.33.